The molecule has 11 heavy (non-hydrogen) atoms. The Morgan fingerprint density at radius 2 is 2.00 bits per heavy atom. The summed E-state index contributed by atoms with van der Waals surface area (Å²) >= 11 is 0. The molecule has 0 aromatic carbocycles. The van der Waals surface area contributed by atoms with E-state index in [9.17, 15) is 0 Å². The minimum absolute atomic E-state index is 1.07. The van der Waals surface area contributed by atoms with E-state index in [-0.39, 0.29) is 0 Å². The summed E-state index contributed by atoms with van der Waals surface area (Å²) in [6.45, 7) is 10.5. The van der Waals surface area contributed by atoms with E-state index < -0.39 is 0 Å². The maximum absolute atomic E-state index is 4.02. The topological polar surface area (TPSA) is 0 Å². The van der Waals surface area contributed by atoms with Crippen LogP contribution in [0.25, 0.3) is 0 Å². The first-order valence-electron chi connectivity index (χ1n) is 4.46. The third-order valence-corrected chi connectivity index (χ3v) is 1.68. The molecule has 0 fully saturated rings. The lowest BCUT2D eigenvalue weighted by Crippen LogP contribution is -1.80. The Hall–Kier alpha value is -0.520. The summed E-state index contributed by atoms with van der Waals surface area (Å²) in [5, 5.41) is 0. The molecule has 0 nitrogen and oxygen atoms in total. The molecular weight excluding hydrogens is 132 g/mol. The minimum Gasteiger partial charge on any atom is -0.0995 e. The third kappa shape index (κ3) is 7.38. The number of unbranched alkanes of at least 4 members (excludes halogenated alkanes) is 1. The van der Waals surface area contributed by atoms with Crippen molar-refractivity contribution in [2.75, 3.05) is 0 Å². The quantitative estimate of drug-likeness (QED) is 0.520. The summed E-state index contributed by atoms with van der Waals surface area (Å²) in [7, 11) is 0. The van der Waals surface area contributed by atoms with Crippen LogP contribution >= 0.6 is 0 Å². The molecule has 0 aromatic heterocycles. The van der Waals surface area contributed by atoms with Gasteiger partial charge < -0.3 is 0 Å². The van der Waals surface area contributed by atoms with Gasteiger partial charge in [-0.25, -0.2) is 0 Å². The third-order valence-electron chi connectivity index (χ3n) is 1.68. The molecule has 0 aliphatic carbocycles. The van der Waals surface area contributed by atoms with Crippen LogP contribution in [0.3, 0.4) is 0 Å². The van der Waals surface area contributed by atoms with Crippen LogP contribution < -0.4 is 0 Å². The molecule has 64 valence electrons. The van der Waals surface area contributed by atoms with E-state index in [1.165, 1.54) is 30.4 Å². The van der Waals surface area contributed by atoms with Crippen molar-refractivity contribution in [2.24, 2.45) is 0 Å². The largest absolute Gasteiger partial charge is 0.0995 e. The molecule has 0 aliphatic rings. The Kier molecular flexibility index (Phi) is 5.91. The van der Waals surface area contributed by atoms with Gasteiger partial charge in [0.1, 0.15) is 0 Å². The fourth-order valence-corrected chi connectivity index (χ4v) is 0.877. The fraction of sp³-hybridized carbons (Fsp3) is 0.636. The van der Waals surface area contributed by atoms with Gasteiger partial charge in [0, 0.05) is 0 Å². The summed E-state index contributed by atoms with van der Waals surface area (Å²) in [6.07, 6.45) is 7.07. The van der Waals surface area contributed by atoms with Gasteiger partial charge >= 0.3 is 0 Å². The molecule has 0 aliphatic heterocycles. The van der Waals surface area contributed by atoms with Crippen LogP contribution in [0.5, 0.6) is 0 Å². The minimum atomic E-state index is 1.07. The zero-order valence-corrected chi connectivity index (χ0v) is 8.11. The second-order valence-corrected chi connectivity index (χ2v) is 3.34. The molecule has 0 atom stereocenters. The molecule has 0 unspecified atom stereocenters. The van der Waals surface area contributed by atoms with Crippen LogP contribution in [0.2, 0.25) is 0 Å². The van der Waals surface area contributed by atoms with Crippen LogP contribution in [0, 0.1) is 0 Å². The van der Waals surface area contributed by atoms with Crippen molar-refractivity contribution in [3.05, 3.63) is 23.8 Å². The Morgan fingerprint density at radius 3 is 2.45 bits per heavy atom. The number of rotatable bonds is 5. The summed E-state index contributed by atoms with van der Waals surface area (Å²) in [5.74, 6) is 0. The molecule has 0 amide bonds. The molecule has 0 heterocycles. The summed E-state index contributed by atoms with van der Waals surface area (Å²) < 4.78 is 0. The number of allylic oxidation sites excluding steroid dienone is 3. The molecule has 0 heteroatoms. The van der Waals surface area contributed by atoms with E-state index in [0.717, 1.165) is 6.42 Å². The Bertz CT molecular complexity index is 136. The van der Waals surface area contributed by atoms with Crippen LogP contribution in [0.4, 0.5) is 0 Å². The van der Waals surface area contributed by atoms with Crippen LogP contribution in [-0.2, 0) is 0 Å². The number of hydrogen-bond acceptors (Lipinski definition) is 0. The molecule has 0 aromatic rings. The highest BCUT2D eigenvalue weighted by Gasteiger charge is 1.90. The van der Waals surface area contributed by atoms with Crippen molar-refractivity contribution in [1.82, 2.24) is 0 Å². The van der Waals surface area contributed by atoms with E-state index in [1.807, 2.05) is 0 Å². The van der Waals surface area contributed by atoms with Gasteiger partial charge in [-0.05, 0) is 33.1 Å². The van der Waals surface area contributed by atoms with Gasteiger partial charge in [-0.1, -0.05) is 37.1 Å². The van der Waals surface area contributed by atoms with Crippen molar-refractivity contribution in [3.8, 4) is 0 Å². The second-order valence-electron chi connectivity index (χ2n) is 3.34. The molecule has 0 saturated heterocycles. The second kappa shape index (κ2) is 6.21. The van der Waals surface area contributed by atoms with Crippen molar-refractivity contribution in [1.29, 1.82) is 0 Å². The van der Waals surface area contributed by atoms with Gasteiger partial charge in [-0.15, -0.1) is 0 Å². The summed E-state index contributed by atoms with van der Waals surface area (Å²) in [6, 6.07) is 0. The molecule has 0 N–H and O–H groups in total. The molecule has 0 bridgehead atoms. The zero-order chi connectivity index (χ0) is 8.69. The lowest BCUT2D eigenvalue weighted by molar-refractivity contribution is 0.777. The van der Waals surface area contributed by atoms with Crippen LogP contribution in [-0.4, -0.2) is 0 Å². The first-order valence-corrected chi connectivity index (χ1v) is 4.46. The Labute approximate surface area is 71.0 Å². The van der Waals surface area contributed by atoms with Gasteiger partial charge in [0.25, 0.3) is 0 Å². The summed E-state index contributed by atoms with van der Waals surface area (Å²) in [5.41, 5.74) is 2.76. The predicted molar refractivity (Wildman–Crippen MR) is 52.7 cm³/mol. The average molecular weight is 152 g/mol. The van der Waals surface area contributed by atoms with Gasteiger partial charge in [-0.3, -0.25) is 0 Å². The highest BCUT2D eigenvalue weighted by molar-refractivity contribution is 5.05. The highest BCUT2D eigenvalue weighted by atomic mass is 14.0. The molecule has 0 saturated carbocycles. The van der Waals surface area contributed by atoms with E-state index in [4.69, 9.17) is 0 Å². The normalized spacial score (nSPS) is 9.36. The first kappa shape index (κ1) is 10.5. The van der Waals surface area contributed by atoms with E-state index in [0.29, 0.717) is 0 Å². The number of hydrogen-bond donors (Lipinski definition) is 0. The fourth-order valence-electron chi connectivity index (χ4n) is 0.877. The van der Waals surface area contributed by atoms with Gasteiger partial charge in [0.05, 0.1) is 0 Å². The lowest BCUT2D eigenvalue weighted by Gasteiger charge is -2.00. The zero-order valence-electron chi connectivity index (χ0n) is 8.11. The molecule has 0 radical (unpaired) electrons. The molecule has 0 spiro atoms. The van der Waals surface area contributed by atoms with E-state index in [2.05, 4.69) is 33.4 Å². The average Bonchev–Trinajstić information content (AvgIpc) is 1.97. The van der Waals surface area contributed by atoms with Crippen molar-refractivity contribution < 1.29 is 0 Å². The first-order chi connectivity index (χ1) is 5.16. The predicted octanol–water partition coefficient (Wildman–Crippen LogP) is 4.09. The van der Waals surface area contributed by atoms with Gasteiger partial charge in [0.2, 0.25) is 0 Å². The smallest absolute Gasteiger partial charge is 0.0139 e. The Balaban J connectivity index is 3.45. The van der Waals surface area contributed by atoms with E-state index in [1.54, 1.807) is 0 Å². The van der Waals surface area contributed by atoms with Crippen LogP contribution in [0.15, 0.2) is 23.8 Å². The maximum atomic E-state index is 4.02. The van der Waals surface area contributed by atoms with E-state index >= 15 is 0 Å². The molecule has 0 rings (SSSR count). The maximum Gasteiger partial charge on any atom is -0.0139 e. The Morgan fingerprint density at radius 1 is 1.36 bits per heavy atom. The lowest BCUT2D eigenvalue weighted by atomic mass is 10.1. The molecular formula is C11H20. The van der Waals surface area contributed by atoms with Gasteiger partial charge in [-0.2, -0.15) is 0 Å². The van der Waals surface area contributed by atoms with Crippen LogP contribution in [0.1, 0.15) is 46.5 Å². The van der Waals surface area contributed by atoms with Crippen molar-refractivity contribution >= 4 is 0 Å². The standard InChI is InChI=1S/C11H20/c1-5-6-7-11(4)9-8-10(2)3/h8H,4-7,9H2,1-3H3. The van der Waals surface area contributed by atoms with Crippen molar-refractivity contribution in [2.45, 2.75) is 46.5 Å². The highest BCUT2D eigenvalue weighted by Crippen LogP contribution is 2.10. The van der Waals surface area contributed by atoms with Gasteiger partial charge in [0.15, 0.2) is 0 Å². The monoisotopic (exact) mass is 152 g/mol. The SMILES string of the molecule is C=C(CC=C(C)C)CCCC. The van der Waals surface area contributed by atoms with Crippen molar-refractivity contribution in [3.63, 3.8) is 0 Å². The summed E-state index contributed by atoms with van der Waals surface area (Å²) in [4.78, 5) is 0.